The third-order valence-electron chi connectivity index (χ3n) is 8.44. The molecular weight excluding hydrogens is 494 g/mol. The average molecular weight is 528 g/mol. The minimum atomic E-state index is 0.889. The molecule has 2 aliphatic rings. The van der Waals surface area contributed by atoms with Crippen molar-refractivity contribution in [3.8, 4) is 11.1 Å². The highest BCUT2D eigenvalue weighted by molar-refractivity contribution is 5.94. The fourth-order valence-electron chi connectivity index (χ4n) is 6.48. The van der Waals surface area contributed by atoms with Crippen LogP contribution in [0.4, 0.5) is 5.69 Å². The highest BCUT2D eigenvalue weighted by Gasteiger charge is 2.27. The number of para-hydroxylation sites is 1. The second kappa shape index (κ2) is 10.6. The summed E-state index contributed by atoms with van der Waals surface area (Å²) in [6.07, 6.45) is 15.2. The maximum Gasteiger partial charge on any atom is 0.0533 e. The highest BCUT2D eigenvalue weighted by Crippen LogP contribution is 2.42. The van der Waals surface area contributed by atoms with Crippen LogP contribution in [0, 0.1) is 0 Å². The molecule has 41 heavy (non-hydrogen) atoms. The van der Waals surface area contributed by atoms with E-state index in [1.165, 1.54) is 71.3 Å². The van der Waals surface area contributed by atoms with Gasteiger partial charge in [-0.15, -0.1) is 0 Å². The van der Waals surface area contributed by atoms with Crippen molar-refractivity contribution >= 4 is 38.5 Å². The molecule has 7 rings (SSSR count). The molecule has 0 fully saturated rings. The van der Waals surface area contributed by atoms with Crippen LogP contribution in [0.15, 0.2) is 151 Å². The second-order valence-electron chi connectivity index (χ2n) is 10.9. The zero-order chi connectivity index (χ0) is 27.8. The maximum absolute atomic E-state index is 2.52. The molecule has 0 saturated heterocycles. The summed E-state index contributed by atoms with van der Waals surface area (Å²) in [4.78, 5) is 2.52. The third kappa shape index (κ3) is 4.44. The van der Waals surface area contributed by atoms with Crippen molar-refractivity contribution < 1.29 is 0 Å². The molecule has 5 aromatic carbocycles. The fraction of sp³-hybridized carbons (Fsp3) is 0.100. The zero-order valence-corrected chi connectivity index (χ0v) is 23.6. The van der Waals surface area contributed by atoms with Gasteiger partial charge in [-0.05, 0) is 75.9 Å². The number of hydrogen-bond donors (Lipinski definition) is 0. The summed E-state index contributed by atoms with van der Waals surface area (Å²) < 4.78 is 0. The van der Waals surface area contributed by atoms with Crippen LogP contribution < -0.4 is 15.3 Å². The summed E-state index contributed by atoms with van der Waals surface area (Å²) in [5.41, 5.74) is 9.05. The van der Waals surface area contributed by atoms with E-state index in [0.29, 0.717) is 0 Å². The third-order valence-corrected chi connectivity index (χ3v) is 8.44. The summed E-state index contributed by atoms with van der Waals surface area (Å²) in [7, 11) is 0. The Morgan fingerprint density at radius 3 is 2.32 bits per heavy atom. The van der Waals surface area contributed by atoms with Crippen molar-refractivity contribution in [3.05, 3.63) is 161 Å². The van der Waals surface area contributed by atoms with Gasteiger partial charge in [0.15, 0.2) is 0 Å². The SMILES string of the molecule is C/C=C\C1=C(C)N(c2ccccc2-c2ccc3ccccc3c2)/C(=c2\ccc3ccccc3\c2=C2/C=CC=CC2)C1. The molecule has 5 aromatic rings. The van der Waals surface area contributed by atoms with E-state index in [0.717, 1.165) is 12.8 Å². The smallest absolute Gasteiger partial charge is 0.0533 e. The molecule has 0 saturated carbocycles. The van der Waals surface area contributed by atoms with Crippen LogP contribution in [-0.2, 0) is 0 Å². The van der Waals surface area contributed by atoms with Crippen LogP contribution in [0.2, 0.25) is 0 Å². The molecule has 0 radical (unpaired) electrons. The van der Waals surface area contributed by atoms with E-state index in [2.05, 4.69) is 158 Å². The summed E-state index contributed by atoms with van der Waals surface area (Å²) in [5.74, 6) is 0. The molecule has 1 nitrogen and oxygen atoms in total. The van der Waals surface area contributed by atoms with E-state index < -0.39 is 0 Å². The Balaban J connectivity index is 1.55. The summed E-state index contributed by atoms with van der Waals surface area (Å²) in [5, 5.41) is 7.78. The van der Waals surface area contributed by atoms with E-state index in [9.17, 15) is 0 Å². The molecule has 0 unspecified atom stereocenters. The second-order valence-corrected chi connectivity index (χ2v) is 10.9. The summed E-state index contributed by atoms with van der Waals surface area (Å²) in [6, 6.07) is 37.8. The first-order chi connectivity index (χ1) is 20.2. The molecule has 0 bridgehead atoms. The molecule has 0 spiro atoms. The van der Waals surface area contributed by atoms with Gasteiger partial charge in [0.05, 0.1) is 5.69 Å². The average Bonchev–Trinajstić information content (AvgIpc) is 3.35. The van der Waals surface area contributed by atoms with Crippen molar-refractivity contribution in [2.45, 2.75) is 26.7 Å². The largest absolute Gasteiger partial charge is 0.316 e. The van der Waals surface area contributed by atoms with Crippen molar-refractivity contribution in [2.24, 2.45) is 0 Å². The first-order valence-corrected chi connectivity index (χ1v) is 14.5. The minimum Gasteiger partial charge on any atom is -0.316 e. The van der Waals surface area contributed by atoms with Crippen molar-refractivity contribution in [3.63, 3.8) is 0 Å². The summed E-state index contributed by atoms with van der Waals surface area (Å²) >= 11 is 0. The number of anilines is 1. The van der Waals surface area contributed by atoms with Crippen molar-refractivity contribution in [1.82, 2.24) is 0 Å². The van der Waals surface area contributed by atoms with Gasteiger partial charge < -0.3 is 4.90 Å². The van der Waals surface area contributed by atoms with Gasteiger partial charge in [-0.1, -0.05) is 127 Å². The topological polar surface area (TPSA) is 3.24 Å². The van der Waals surface area contributed by atoms with Crippen molar-refractivity contribution in [1.29, 1.82) is 0 Å². The van der Waals surface area contributed by atoms with Crippen LogP contribution >= 0.6 is 0 Å². The van der Waals surface area contributed by atoms with Crippen molar-refractivity contribution in [2.75, 3.05) is 4.90 Å². The van der Waals surface area contributed by atoms with Gasteiger partial charge in [0.25, 0.3) is 0 Å². The molecule has 1 aliphatic heterocycles. The number of nitrogens with zero attached hydrogens (tertiary/aromatic N) is 1. The standard InChI is InChI=1S/C40H33N/c1-3-13-32-27-39(37-25-24-30-15-9-10-20-36(30)40(37)31-16-5-4-6-17-31)41(28(32)2)38-21-12-11-19-35(38)34-23-22-29-14-7-8-18-33(29)26-34/h3-16,18-26H,17,27H2,1-2H3/b13-3-,39-37+,40-31-. The monoisotopic (exact) mass is 527 g/mol. The molecule has 0 N–H and O–H groups in total. The van der Waals surface area contributed by atoms with Crippen LogP contribution in [0.3, 0.4) is 0 Å². The highest BCUT2D eigenvalue weighted by atomic mass is 15.2. The Kier molecular flexibility index (Phi) is 6.49. The van der Waals surface area contributed by atoms with Gasteiger partial charge in [-0.3, -0.25) is 0 Å². The van der Waals surface area contributed by atoms with E-state index >= 15 is 0 Å². The number of benzene rings is 5. The molecule has 0 aromatic heterocycles. The Bertz CT molecular complexity index is 2070. The molecule has 0 atom stereocenters. The Labute approximate surface area is 242 Å². The Hall–Kier alpha value is -4.88. The van der Waals surface area contributed by atoms with E-state index in [4.69, 9.17) is 0 Å². The lowest BCUT2D eigenvalue weighted by atomic mass is 9.96. The van der Waals surface area contributed by atoms with Crippen LogP contribution in [0.5, 0.6) is 0 Å². The Morgan fingerprint density at radius 1 is 0.732 bits per heavy atom. The predicted molar refractivity (Wildman–Crippen MR) is 177 cm³/mol. The van der Waals surface area contributed by atoms with Gasteiger partial charge in [-0.2, -0.15) is 0 Å². The van der Waals surface area contributed by atoms with Gasteiger partial charge in [0, 0.05) is 28.6 Å². The summed E-state index contributed by atoms with van der Waals surface area (Å²) in [6.45, 7) is 4.39. The maximum atomic E-state index is 2.52. The molecule has 0 amide bonds. The quantitative estimate of drug-likeness (QED) is 0.226. The lowest BCUT2D eigenvalue weighted by molar-refractivity contribution is 1.18. The number of fused-ring (bicyclic) bond motifs is 2. The van der Waals surface area contributed by atoms with Gasteiger partial charge in [-0.25, -0.2) is 0 Å². The van der Waals surface area contributed by atoms with E-state index in [1.54, 1.807) is 0 Å². The normalized spacial score (nSPS) is 18.0. The van der Waals surface area contributed by atoms with Crippen LogP contribution in [0.1, 0.15) is 26.7 Å². The molecule has 1 aliphatic carbocycles. The van der Waals surface area contributed by atoms with Crippen LogP contribution in [-0.4, -0.2) is 0 Å². The van der Waals surface area contributed by atoms with Gasteiger partial charge in [0.2, 0.25) is 0 Å². The number of rotatable bonds is 3. The Morgan fingerprint density at radius 2 is 1.49 bits per heavy atom. The van der Waals surface area contributed by atoms with E-state index in [1.807, 2.05) is 0 Å². The van der Waals surface area contributed by atoms with Gasteiger partial charge >= 0.3 is 0 Å². The predicted octanol–water partition coefficient (Wildman–Crippen LogP) is 9.20. The minimum absolute atomic E-state index is 0.889. The number of allylic oxidation sites excluding steroid dienone is 7. The lowest BCUT2D eigenvalue weighted by Gasteiger charge is -2.26. The van der Waals surface area contributed by atoms with Crippen LogP contribution in [0.25, 0.3) is 43.9 Å². The zero-order valence-electron chi connectivity index (χ0n) is 23.6. The van der Waals surface area contributed by atoms with Gasteiger partial charge in [0.1, 0.15) is 0 Å². The molecule has 198 valence electrons. The lowest BCUT2D eigenvalue weighted by Crippen LogP contribution is -2.34. The molecule has 1 heterocycles. The molecule has 1 heteroatoms. The first-order valence-electron chi connectivity index (χ1n) is 14.5. The molecular formula is C40H33N. The number of hydrogen-bond acceptors (Lipinski definition) is 1. The first kappa shape index (κ1) is 25.1. The van der Waals surface area contributed by atoms with E-state index in [-0.39, 0.29) is 0 Å². The fourth-order valence-corrected chi connectivity index (χ4v) is 6.48.